The number of benzene rings is 1. The third-order valence-electron chi connectivity index (χ3n) is 8.15. The fourth-order valence-electron chi connectivity index (χ4n) is 6.39. The van der Waals surface area contributed by atoms with E-state index >= 15 is 0 Å². The van der Waals surface area contributed by atoms with E-state index in [4.69, 9.17) is 18.6 Å². The molecule has 216 valence electrons. The van der Waals surface area contributed by atoms with Gasteiger partial charge in [0, 0.05) is 7.11 Å². The SMILES string of the molecule is COCN(C(=O)O)[C@H]1CCC[C@H](Cc2ccc(OC)cc2)[C@@H](O[Si](C(C)C)(C(C)C)C(C)C)[C@H](C)OC1=O. The minimum atomic E-state index is -2.31. The third kappa shape index (κ3) is 7.51. The number of amides is 1. The first-order chi connectivity index (χ1) is 17.9. The van der Waals surface area contributed by atoms with Crippen molar-refractivity contribution in [1.29, 1.82) is 0 Å². The molecular weight excluding hydrogens is 502 g/mol. The number of carboxylic acid groups (broad SMARTS) is 1. The average Bonchev–Trinajstić information content (AvgIpc) is 2.89. The lowest BCUT2D eigenvalue weighted by molar-refractivity contribution is -0.161. The molecule has 0 saturated carbocycles. The molecule has 38 heavy (non-hydrogen) atoms. The average molecular weight is 552 g/mol. The van der Waals surface area contributed by atoms with E-state index in [-0.39, 0.29) is 18.8 Å². The predicted molar refractivity (Wildman–Crippen MR) is 151 cm³/mol. The Hall–Kier alpha value is -2.10. The first-order valence-electron chi connectivity index (χ1n) is 13.9. The Balaban J connectivity index is 2.51. The number of hydrogen-bond acceptors (Lipinski definition) is 6. The van der Waals surface area contributed by atoms with E-state index in [0.717, 1.165) is 29.1 Å². The van der Waals surface area contributed by atoms with Gasteiger partial charge in [-0.15, -0.1) is 0 Å². The predicted octanol–water partition coefficient (Wildman–Crippen LogP) is 6.48. The lowest BCUT2D eigenvalue weighted by Gasteiger charge is -2.47. The quantitative estimate of drug-likeness (QED) is 0.191. The number of rotatable bonds is 11. The maximum atomic E-state index is 13.4. The van der Waals surface area contributed by atoms with Gasteiger partial charge in [0.05, 0.1) is 13.2 Å². The highest BCUT2D eigenvalue weighted by Gasteiger charge is 2.49. The second-order valence-electron chi connectivity index (χ2n) is 11.5. The molecule has 1 aromatic rings. The second-order valence-corrected chi connectivity index (χ2v) is 16.9. The molecular formula is C29H49NO7Si. The molecule has 1 amide bonds. The van der Waals surface area contributed by atoms with Crippen LogP contribution in [0.5, 0.6) is 5.75 Å². The number of cyclic esters (lactones) is 1. The highest BCUT2D eigenvalue weighted by Crippen LogP contribution is 2.45. The summed E-state index contributed by atoms with van der Waals surface area (Å²) in [5.74, 6) is 0.356. The van der Waals surface area contributed by atoms with Gasteiger partial charge in [-0.25, -0.2) is 9.59 Å². The lowest BCUT2D eigenvalue weighted by Crippen LogP contribution is -2.55. The number of carbonyl (C=O) groups is 2. The van der Waals surface area contributed by atoms with Crippen molar-refractivity contribution in [3.05, 3.63) is 29.8 Å². The van der Waals surface area contributed by atoms with Gasteiger partial charge >= 0.3 is 12.1 Å². The van der Waals surface area contributed by atoms with Crippen molar-refractivity contribution in [2.24, 2.45) is 5.92 Å². The summed E-state index contributed by atoms with van der Waals surface area (Å²) in [5, 5.41) is 9.76. The van der Waals surface area contributed by atoms with Crippen molar-refractivity contribution in [2.75, 3.05) is 21.0 Å². The topological polar surface area (TPSA) is 94.5 Å². The smallest absolute Gasteiger partial charge is 0.409 e. The van der Waals surface area contributed by atoms with Crippen molar-refractivity contribution >= 4 is 20.4 Å². The molecule has 1 N–H and O–H groups in total. The van der Waals surface area contributed by atoms with E-state index in [2.05, 4.69) is 53.7 Å². The molecule has 0 unspecified atom stereocenters. The van der Waals surface area contributed by atoms with Crippen LogP contribution in [0.4, 0.5) is 4.79 Å². The molecule has 1 heterocycles. The van der Waals surface area contributed by atoms with Crippen LogP contribution in [0, 0.1) is 5.92 Å². The molecule has 1 aliphatic rings. The van der Waals surface area contributed by atoms with Gasteiger partial charge in [-0.05, 0) is 66.4 Å². The fourth-order valence-corrected chi connectivity index (χ4v) is 12.1. The Labute approximate surface area is 230 Å². The molecule has 1 aromatic carbocycles. The van der Waals surface area contributed by atoms with Crippen LogP contribution >= 0.6 is 0 Å². The largest absolute Gasteiger partial charge is 0.497 e. The monoisotopic (exact) mass is 551 g/mol. The Morgan fingerprint density at radius 1 is 1.05 bits per heavy atom. The maximum Gasteiger partial charge on any atom is 0.409 e. The van der Waals surface area contributed by atoms with E-state index in [1.807, 2.05) is 19.1 Å². The van der Waals surface area contributed by atoms with Crippen LogP contribution in [0.15, 0.2) is 24.3 Å². The molecule has 1 fully saturated rings. The number of nitrogens with zero attached hydrogens (tertiary/aromatic N) is 1. The summed E-state index contributed by atoms with van der Waals surface area (Å²) >= 11 is 0. The van der Waals surface area contributed by atoms with Crippen molar-refractivity contribution in [2.45, 2.75) is 109 Å². The van der Waals surface area contributed by atoms with Gasteiger partial charge in [0.15, 0.2) is 0 Å². The molecule has 0 radical (unpaired) electrons. The first-order valence-corrected chi connectivity index (χ1v) is 16.0. The molecule has 8 nitrogen and oxygen atoms in total. The van der Waals surface area contributed by atoms with E-state index in [1.54, 1.807) is 7.11 Å². The molecule has 0 aliphatic carbocycles. The van der Waals surface area contributed by atoms with Gasteiger partial charge in [-0.2, -0.15) is 0 Å². The van der Waals surface area contributed by atoms with Gasteiger partial charge in [0.1, 0.15) is 24.6 Å². The lowest BCUT2D eigenvalue weighted by atomic mass is 9.87. The highest BCUT2D eigenvalue weighted by atomic mass is 28.4. The van der Waals surface area contributed by atoms with Crippen molar-refractivity contribution in [3.63, 3.8) is 0 Å². The Kier molecular flexibility index (Phi) is 12.1. The van der Waals surface area contributed by atoms with Crippen molar-refractivity contribution in [3.8, 4) is 5.75 Å². The summed E-state index contributed by atoms with van der Waals surface area (Å²) in [6.07, 6.45) is 0.545. The molecule has 1 saturated heterocycles. The molecule has 9 heteroatoms. The van der Waals surface area contributed by atoms with Crippen LogP contribution in [0.3, 0.4) is 0 Å². The van der Waals surface area contributed by atoms with E-state index in [1.165, 1.54) is 7.11 Å². The van der Waals surface area contributed by atoms with Crippen LogP contribution in [0.25, 0.3) is 0 Å². The summed E-state index contributed by atoms with van der Waals surface area (Å²) in [4.78, 5) is 26.3. The first kappa shape index (κ1) is 32.1. The zero-order valence-electron chi connectivity index (χ0n) is 24.7. The van der Waals surface area contributed by atoms with Gasteiger partial charge in [0.25, 0.3) is 0 Å². The van der Waals surface area contributed by atoms with Crippen molar-refractivity contribution < 1.29 is 33.3 Å². The van der Waals surface area contributed by atoms with Gasteiger partial charge in [0.2, 0.25) is 8.32 Å². The summed E-state index contributed by atoms with van der Waals surface area (Å²) in [6, 6.07) is 7.16. The second kappa shape index (κ2) is 14.3. The third-order valence-corrected chi connectivity index (χ3v) is 14.2. The summed E-state index contributed by atoms with van der Waals surface area (Å²) in [7, 11) is 0.760. The molecule has 0 spiro atoms. The molecule has 0 bridgehead atoms. The van der Waals surface area contributed by atoms with E-state index < -0.39 is 32.5 Å². The Morgan fingerprint density at radius 3 is 2.11 bits per heavy atom. The van der Waals surface area contributed by atoms with Crippen LogP contribution in [-0.2, 0) is 25.1 Å². The van der Waals surface area contributed by atoms with Crippen LogP contribution < -0.4 is 4.74 Å². The minimum Gasteiger partial charge on any atom is -0.497 e. The van der Waals surface area contributed by atoms with Crippen LogP contribution in [0.2, 0.25) is 16.6 Å². The normalized spacial score (nSPS) is 23.1. The summed E-state index contributed by atoms with van der Waals surface area (Å²) < 4.78 is 23.8. The number of carbonyl (C=O) groups excluding carboxylic acids is 1. The summed E-state index contributed by atoms with van der Waals surface area (Å²) in [6.45, 7) is 15.2. The molecule has 1 aliphatic heterocycles. The maximum absolute atomic E-state index is 13.4. The van der Waals surface area contributed by atoms with Crippen LogP contribution in [0.1, 0.15) is 73.3 Å². The number of hydrogen-bond donors (Lipinski definition) is 1. The molecule has 2 rings (SSSR count). The number of ether oxygens (including phenoxy) is 3. The minimum absolute atomic E-state index is 0.0915. The van der Waals surface area contributed by atoms with Gasteiger partial charge in [-0.3, -0.25) is 4.90 Å². The van der Waals surface area contributed by atoms with E-state index in [0.29, 0.717) is 29.5 Å². The number of methoxy groups -OCH3 is 2. The molecule has 0 aromatic heterocycles. The van der Waals surface area contributed by atoms with Gasteiger partial charge < -0.3 is 23.7 Å². The molecule has 4 atom stereocenters. The zero-order valence-corrected chi connectivity index (χ0v) is 25.7. The Morgan fingerprint density at radius 2 is 1.63 bits per heavy atom. The van der Waals surface area contributed by atoms with Gasteiger partial charge in [-0.1, -0.05) is 60.1 Å². The zero-order chi connectivity index (χ0) is 28.6. The fraction of sp³-hybridized carbons (Fsp3) is 0.724. The van der Waals surface area contributed by atoms with E-state index in [9.17, 15) is 14.7 Å². The summed E-state index contributed by atoms with van der Waals surface area (Å²) in [5.41, 5.74) is 2.28. The number of esters is 1. The highest BCUT2D eigenvalue weighted by molar-refractivity contribution is 6.77. The van der Waals surface area contributed by atoms with Crippen LogP contribution in [-0.4, -0.2) is 69.6 Å². The Bertz CT molecular complexity index is 868. The van der Waals surface area contributed by atoms with Crippen molar-refractivity contribution in [1.82, 2.24) is 4.90 Å². The standard InChI is InChI=1S/C29H49NO7Si/c1-19(2)38(20(3)4,21(5)6)37-27-22(7)36-28(31)26(30(18-34-8)29(32)33)12-10-11-24(27)17-23-13-15-25(35-9)16-14-23/h13-16,19-22,24,26-27H,10-12,17-18H2,1-9H3,(H,32,33)/t22-,24+,26-,27-/m0/s1.